The van der Waals surface area contributed by atoms with Crippen molar-refractivity contribution in [3.63, 3.8) is 0 Å². The van der Waals surface area contributed by atoms with Gasteiger partial charge in [-0.25, -0.2) is 9.78 Å². The quantitative estimate of drug-likeness (QED) is 0.634. The van der Waals surface area contributed by atoms with Gasteiger partial charge in [-0.3, -0.25) is 0 Å². The Morgan fingerprint density at radius 1 is 1.15 bits per heavy atom. The molecule has 0 bridgehead atoms. The number of pyridine rings is 1. The van der Waals surface area contributed by atoms with Gasteiger partial charge in [-0.15, -0.1) is 0 Å². The molecule has 3 rings (SSSR count). The van der Waals surface area contributed by atoms with Crippen LogP contribution in [0.2, 0.25) is 0 Å². The van der Waals surface area contributed by atoms with Crippen molar-refractivity contribution in [1.29, 1.82) is 0 Å². The number of carbonyl (C=O) groups is 1. The fourth-order valence-electron chi connectivity index (χ4n) is 2.50. The van der Waals surface area contributed by atoms with Gasteiger partial charge in [-0.1, -0.05) is 18.2 Å². The lowest BCUT2D eigenvalue weighted by atomic mass is 10.2. The number of benzene rings is 1. The second kappa shape index (κ2) is 9.40. The molecule has 27 heavy (non-hydrogen) atoms. The summed E-state index contributed by atoms with van der Waals surface area (Å²) in [7, 11) is 1.55. The van der Waals surface area contributed by atoms with E-state index in [9.17, 15) is 4.79 Å². The minimum Gasteiger partial charge on any atom is -0.481 e. The van der Waals surface area contributed by atoms with E-state index >= 15 is 0 Å². The van der Waals surface area contributed by atoms with E-state index in [1.54, 1.807) is 25.6 Å². The van der Waals surface area contributed by atoms with Crippen molar-refractivity contribution in [2.45, 2.75) is 19.8 Å². The lowest BCUT2D eigenvalue weighted by Gasteiger charge is -2.11. The molecule has 2 N–H and O–H groups in total. The molecule has 0 atom stereocenters. The summed E-state index contributed by atoms with van der Waals surface area (Å²) in [6.45, 7) is 1.14. The van der Waals surface area contributed by atoms with E-state index in [4.69, 9.17) is 13.9 Å². The van der Waals surface area contributed by atoms with Crippen LogP contribution >= 0.6 is 0 Å². The van der Waals surface area contributed by atoms with E-state index in [1.165, 1.54) is 0 Å². The summed E-state index contributed by atoms with van der Waals surface area (Å²) in [5.41, 5.74) is 2.44. The molecule has 0 aliphatic rings. The molecule has 2 aromatic heterocycles. The fourth-order valence-corrected chi connectivity index (χ4v) is 2.50. The zero-order chi connectivity index (χ0) is 18.9. The van der Waals surface area contributed by atoms with Crippen molar-refractivity contribution < 1.29 is 18.7 Å². The van der Waals surface area contributed by atoms with Gasteiger partial charge in [0.05, 0.1) is 20.0 Å². The third-order valence-electron chi connectivity index (χ3n) is 3.76. The molecule has 0 aliphatic carbocycles. The summed E-state index contributed by atoms with van der Waals surface area (Å²) >= 11 is 0. The van der Waals surface area contributed by atoms with Crippen molar-refractivity contribution >= 4 is 11.7 Å². The van der Waals surface area contributed by atoms with Crippen LogP contribution in [0.3, 0.4) is 0 Å². The highest BCUT2D eigenvalue weighted by Gasteiger charge is 2.07. The molecule has 2 heterocycles. The lowest BCUT2D eigenvalue weighted by molar-refractivity contribution is 0.0930. The van der Waals surface area contributed by atoms with Crippen molar-refractivity contribution in [3.8, 4) is 5.88 Å². The van der Waals surface area contributed by atoms with Gasteiger partial charge in [0, 0.05) is 24.0 Å². The predicted octanol–water partition coefficient (Wildman–Crippen LogP) is 3.72. The first-order valence-electron chi connectivity index (χ1n) is 8.46. The SMILES string of the molecule is COc1ncccc1CNC(=O)Nc1cccc(COCc2ccco2)c1. The number of hydrogen-bond donors (Lipinski definition) is 2. The second-order valence-electron chi connectivity index (χ2n) is 5.75. The van der Waals surface area contributed by atoms with E-state index in [0.29, 0.717) is 31.3 Å². The van der Waals surface area contributed by atoms with Crippen LogP contribution in [0.15, 0.2) is 65.4 Å². The van der Waals surface area contributed by atoms with E-state index in [0.717, 1.165) is 16.9 Å². The highest BCUT2D eigenvalue weighted by Crippen LogP contribution is 2.14. The maximum absolute atomic E-state index is 12.1. The number of amides is 2. The molecule has 7 nitrogen and oxygen atoms in total. The third kappa shape index (κ3) is 5.58. The number of anilines is 1. The summed E-state index contributed by atoms with van der Waals surface area (Å²) in [5, 5.41) is 5.60. The molecule has 0 fully saturated rings. The van der Waals surface area contributed by atoms with Gasteiger partial charge in [0.2, 0.25) is 5.88 Å². The molecule has 0 spiro atoms. The Labute approximate surface area is 157 Å². The highest BCUT2D eigenvalue weighted by atomic mass is 16.5. The maximum atomic E-state index is 12.1. The molecule has 0 unspecified atom stereocenters. The van der Waals surface area contributed by atoms with Gasteiger partial charge >= 0.3 is 6.03 Å². The first-order chi connectivity index (χ1) is 13.2. The van der Waals surface area contributed by atoms with Crippen LogP contribution in [0.5, 0.6) is 5.88 Å². The largest absolute Gasteiger partial charge is 0.481 e. The Morgan fingerprint density at radius 3 is 2.89 bits per heavy atom. The average Bonchev–Trinajstić information content (AvgIpc) is 3.20. The predicted molar refractivity (Wildman–Crippen MR) is 100 cm³/mol. The normalized spacial score (nSPS) is 10.4. The van der Waals surface area contributed by atoms with Crippen LogP contribution < -0.4 is 15.4 Å². The standard InChI is InChI=1S/C20H21N3O4/c1-25-19-16(6-3-9-21-19)12-22-20(24)23-17-7-2-5-15(11-17)13-26-14-18-8-4-10-27-18/h2-11H,12-14H2,1H3,(H2,22,23,24). The zero-order valence-corrected chi connectivity index (χ0v) is 15.0. The lowest BCUT2D eigenvalue weighted by Crippen LogP contribution is -2.28. The number of nitrogens with zero attached hydrogens (tertiary/aromatic N) is 1. The molecule has 7 heteroatoms. The minimum atomic E-state index is -0.311. The summed E-state index contributed by atoms with van der Waals surface area (Å²) < 4.78 is 16.0. The number of furan rings is 1. The number of hydrogen-bond acceptors (Lipinski definition) is 5. The van der Waals surface area contributed by atoms with Crippen LogP contribution in [-0.2, 0) is 24.5 Å². The Kier molecular flexibility index (Phi) is 6.43. The molecule has 2 amide bonds. The summed E-state index contributed by atoms with van der Waals surface area (Å²) in [4.78, 5) is 16.2. The zero-order valence-electron chi connectivity index (χ0n) is 15.0. The van der Waals surface area contributed by atoms with Crippen LogP contribution in [0.1, 0.15) is 16.9 Å². The number of nitrogens with one attached hydrogen (secondary N) is 2. The van der Waals surface area contributed by atoms with Crippen molar-refractivity contribution in [2.75, 3.05) is 12.4 Å². The van der Waals surface area contributed by atoms with Gasteiger partial charge in [0.1, 0.15) is 12.4 Å². The van der Waals surface area contributed by atoms with Gasteiger partial charge in [-0.2, -0.15) is 0 Å². The number of aromatic nitrogens is 1. The van der Waals surface area contributed by atoms with Gasteiger partial charge in [0.15, 0.2) is 0 Å². The molecular formula is C20H21N3O4. The van der Waals surface area contributed by atoms with Crippen molar-refractivity contribution in [3.05, 3.63) is 77.9 Å². The summed E-state index contributed by atoms with van der Waals surface area (Å²) in [5.74, 6) is 1.27. The molecule has 1 aromatic carbocycles. The van der Waals surface area contributed by atoms with Gasteiger partial charge < -0.3 is 24.5 Å². The summed E-state index contributed by atoms with van der Waals surface area (Å²) in [6, 6.07) is 14.5. The van der Waals surface area contributed by atoms with Crippen molar-refractivity contribution in [1.82, 2.24) is 10.3 Å². The Balaban J connectivity index is 1.48. The van der Waals surface area contributed by atoms with E-state index in [2.05, 4.69) is 15.6 Å². The molecule has 0 radical (unpaired) electrons. The smallest absolute Gasteiger partial charge is 0.319 e. The van der Waals surface area contributed by atoms with E-state index < -0.39 is 0 Å². The Bertz CT molecular complexity index is 865. The van der Waals surface area contributed by atoms with Gasteiger partial charge in [0.25, 0.3) is 0 Å². The van der Waals surface area contributed by atoms with Crippen LogP contribution in [-0.4, -0.2) is 18.1 Å². The number of carbonyl (C=O) groups excluding carboxylic acids is 1. The third-order valence-corrected chi connectivity index (χ3v) is 3.76. The summed E-state index contributed by atoms with van der Waals surface area (Å²) in [6.07, 6.45) is 3.25. The molecule has 3 aromatic rings. The first-order valence-corrected chi connectivity index (χ1v) is 8.46. The molecule has 0 saturated carbocycles. The monoisotopic (exact) mass is 367 g/mol. The topological polar surface area (TPSA) is 85.6 Å². The molecule has 0 aliphatic heterocycles. The highest BCUT2D eigenvalue weighted by molar-refractivity contribution is 5.89. The average molecular weight is 367 g/mol. The van der Waals surface area contributed by atoms with Crippen LogP contribution in [0.25, 0.3) is 0 Å². The molecule has 140 valence electrons. The minimum absolute atomic E-state index is 0.311. The van der Waals surface area contributed by atoms with E-state index in [1.807, 2.05) is 42.5 Å². The second-order valence-corrected chi connectivity index (χ2v) is 5.75. The van der Waals surface area contributed by atoms with Gasteiger partial charge in [-0.05, 0) is 35.9 Å². The Morgan fingerprint density at radius 2 is 2.07 bits per heavy atom. The van der Waals surface area contributed by atoms with Crippen molar-refractivity contribution in [2.24, 2.45) is 0 Å². The number of ether oxygens (including phenoxy) is 2. The number of methoxy groups -OCH3 is 1. The Hall–Kier alpha value is -3.32. The van der Waals surface area contributed by atoms with E-state index in [-0.39, 0.29) is 6.03 Å². The first kappa shape index (κ1) is 18.5. The number of urea groups is 1. The van der Waals surface area contributed by atoms with Crippen LogP contribution in [0, 0.1) is 0 Å². The molecule has 0 saturated heterocycles. The molecular weight excluding hydrogens is 346 g/mol. The van der Waals surface area contributed by atoms with Crippen LogP contribution in [0.4, 0.5) is 10.5 Å². The fraction of sp³-hybridized carbons (Fsp3) is 0.200. The maximum Gasteiger partial charge on any atom is 0.319 e. The number of rotatable bonds is 8.